The van der Waals surface area contributed by atoms with Crippen molar-refractivity contribution in [1.82, 2.24) is 5.32 Å². The van der Waals surface area contributed by atoms with Gasteiger partial charge >= 0.3 is 12.1 Å². The van der Waals surface area contributed by atoms with Crippen LogP contribution in [0, 0.1) is 17.8 Å². The van der Waals surface area contributed by atoms with Crippen molar-refractivity contribution in [3.8, 4) is 0 Å². The molecule has 0 aromatic rings. The maximum absolute atomic E-state index is 12.6. The molecule has 188 valence electrons. The summed E-state index contributed by atoms with van der Waals surface area (Å²) in [5, 5.41) is 2.79. The van der Waals surface area contributed by atoms with Crippen LogP contribution in [0.4, 0.5) is 4.79 Å². The molecule has 1 rings (SSSR count). The second kappa shape index (κ2) is 17.2. The molecule has 1 N–H and O–H groups in total. The minimum atomic E-state index is -0.621. The topological polar surface area (TPSA) is 64.6 Å². The second-order valence-electron chi connectivity index (χ2n) is 10.3. The first kappa shape index (κ1) is 28.8. The molecule has 0 aliphatic heterocycles. The summed E-state index contributed by atoms with van der Waals surface area (Å²) in [6, 6.07) is -0.621. The molecule has 4 unspecified atom stereocenters. The molecule has 32 heavy (non-hydrogen) atoms. The van der Waals surface area contributed by atoms with Gasteiger partial charge in [0.15, 0.2) is 0 Å². The van der Waals surface area contributed by atoms with Crippen molar-refractivity contribution in [3.63, 3.8) is 0 Å². The highest BCUT2D eigenvalue weighted by atomic mass is 16.6. The van der Waals surface area contributed by atoms with E-state index in [-0.39, 0.29) is 12.1 Å². The van der Waals surface area contributed by atoms with Gasteiger partial charge in [0.25, 0.3) is 0 Å². The van der Waals surface area contributed by atoms with E-state index in [0.29, 0.717) is 30.8 Å². The van der Waals surface area contributed by atoms with Crippen molar-refractivity contribution in [2.45, 2.75) is 137 Å². The Hall–Kier alpha value is -1.26. The van der Waals surface area contributed by atoms with Crippen molar-refractivity contribution < 1.29 is 19.1 Å². The average molecular weight is 454 g/mol. The maximum atomic E-state index is 12.6. The minimum Gasteiger partial charge on any atom is -0.464 e. The Bertz CT molecular complexity index is 508. The number of unbranched alkanes of at least 4 members (excludes halogenated alkanes) is 8. The summed E-state index contributed by atoms with van der Waals surface area (Å²) in [7, 11) is 0. The van der Waals surface area contributed by atoms with Gasteiger partial charge in [-0.3, -0.25) is 0 Å². The monoisotopic (exact) mass is 453 g/mol. The molecule has 1 aliphatic carbocycles. The molecule has 1 saturated carbocycles. The first-order chi connectivity index (χ1) is 15.4. The zero-order valence-electron chi connectivity index (χ0n) is 21.6. The molecule has 0 aromatic heterocycles. The van der Waals surface area contributed by atoms with Gasteiger partial charge in [0.05, 0.1) is 6.61 Å². The minimum absolute atomic E-state index is 0.0704. The molecule has 0 heterocycles. The van der Waals surface area contributed by atoms with E-state index >= 15 is 0 Å². The van der Waals surface area contributed by atoms with E-state index in [0.717, 1.165) is 32.1 Å². The Morgan fingerprint density at radius 1 is 0.906 bits per heavy atom. The summed E-state index contributed by atoms with van der Waals surface area (Å²) in [4.78, 5) is 25.1. The Morgan fingerprint density at radius 2 is 1.53 bits per heavy atom. The van der Waals surface area contributed by atoms with Gasteiger partial charge < -0.3 is 14.8 Å². The number of alkyl carbamates (subject to hydrolysis) is 1. The number of rotatable bonds is 16. The third kappa shape index (κ3) is 12.1. The Morgan fingerprint density at radius 3 is 2.12 bits per heavy atom. The van der Waals surface area contributed by atoms with Gasteiger partial charge in [-0.1, -0.05) is 98.8 Å². The molecule has 0 spiro atoms. The number of esters is 1. The summed E-state index contributed by atoms with van der Waals surface area (Å²) >= 11 is 0. The molecule has 0 bridgehead atoms. The van der Waals surface area contributed by atoms with Crippen LogP contribution >= 0.6 is 0 Å². The number of amides is 1. The molecule has 1 aliphatic rings. The van der Waals surface area contributed by atoms with E-state index in [1.807, 2.05) is 6.92 Å². The fourth-order valence-corrected chi connectivity index (χ4v) is 4.79. The van der Waals surface area contributed by atoms with Gasteiger partial charge in [0, 0.05) is 0 Å². The Balaban J connectivity index is 2.32. The first-order valence-electron chi connectivity index (χ1n) is 13.5. The van der Waals surface area contributed by atoms with E-state index in [1.165, 1.54) is 51.4 Å². The van der Waals surface area contributed by atoms with Gasteiger partial charge in [-0.25, -0.2) is 9.59 Å². The molecular formula is C27H51NO4. The van der Waals surface area contributed by atoms with Crippen molar-refractivity contribution in [2.75, 3.05) is 6.61 Å². The van der Waals surface area contributed by atoms with E-state index in [4.69, 9.17) is 9.47 Å². The number of carbonyl (C=O) groups excluding carboxylic acids is 2. The average Bonchev–Trinajstić information content (AvgIpc) is 2.74. The van der Waals surface area contributed by atoms with Gasteiger partial charge in [0.1, 0.15) is 12.1 Å². The summed E-state index contributed by atoms with van der Waals surface area (Å²) in [5.74, 6) is 1.10. The highest BCUT2D eigenvalue weighted by Gasteiger charge is 2.34. The fourth-order valence-electron chi connectivity index (χ4n) is 4.79. The van der Waals surface area contributed by atoms with Gasteiger partial charge in [-0.2, -0.15) is 0 Å². The predicted octanol–water partition coefficient (Wildman–Crippen LogP) is 7.42. The summed E-state index contributed by atoms with van der Waals surface area (Å²) < 4.78 is 11.3. The molecule has 5 heteroatoms. The highest BCUT2D eigenvalue weighted by Crippen LogP contribution is 2.35. The van der Waals surface area contributed by atoms with Crippen LogP contribution in [-0.2, 0) is 14.3 Å². The van der Waals surface area contributed by atoms with Crippen LogP contribution in [-0.4, -0.2) is 30.8 Å². The normalized spacial score (nSPS) is 21.9. The van der Waals surface area contributed by atoms with Crippen LogP contribution in [0.1, 0.15) is 125 Å². The molecular weight excluding hydrogens is 402 g/mol. The number of nitrogens with one attached hydrogen (secondary N) is 1. The van der Waals surface area contributed by atoms with E-state index < -0.39 is 12.1 Å². The molecule has 0 radical (unpaired) electrons. The Kier molecular flexibility index (Phi) is 15.5. The maximum Gasteiger partial charge on any atom is 0.408 e. The SMILES string of the molecule is CCCCCCCCCCCOC(=O)C(CCC)NC(=O)OC1CC(C)CCC1C(C)C. The molecule has 0 aromatic carbocycles. The van der Waals surface area contributed by atoms with Crippen molar-refractivity contribution in [3.05, 3.63) is 0 Å². The summed E-state index contributed by atoms with van der Waals surface area (Å²) in [6.45, 7) is 11.3. The molecule has 0 saturated heterocycles. The number of ether oxygens (including phenoxy) is 2. The lowest BCUT2D eigenvalue weighted by Crippen LogP contribution is -2.45. The first-order valence-corrected chi connectivity index (χ1v) is 13.5. The van der Waals surface area contributed by atoms with Crippen molar-refractivity contribution in [1.29, 1.82) is 0 Å². The van der Waals surface area contributed by atoms with Crippen molar-refractivity contribution >= 4 is 12.1 Å². The van der Waals surface area contributed by atoms with Crippen molar-refractivity contribution in [2.24, 2.45) is 17.8 Å². The lowest BCUT2D eigenvalue weighted by molar-refractivity contribution is -0.146. The van der Waals surface area contributed by atoms with E-state index in [1.54, 1.807) is 0 Å². The van der Waals surface area contributed by atoms with Crippen LogP contribution in [0.3, 0.4) is 0 Å². The second-order valence-corrected chi connectivity index (χ2v) is 10.3. The van der Waals surface area contributed by atoms with Crippen LogP contribution < -0.4 is 5.32 Å². The van der Waals surface area contributed by atoms with Gasteiger partial charge in [0.2, 0.25) is 0 Å². The van der Waals surface area contributed by atoms with Gasteiger partial charge in [-0.05, 0) is 43.4 Å². The van der Waals surface area contributed by atoms with E-state index in [2.05, 4.69) is 33.0 Å². The molecule has 4 atom stereocenters. The highest BCUT2D eigenvalue weighted by molar-refractivity contribution is 5.81. The smallest absolute Gasteiger partial charge is 0.408 e. The van der Waals surface area contributed by atoms with E-state index in [9.17, 15) is 9.59 Å². The zero-order chi connectivity index (χ0) is 23.8. The van der Waals surface area contributed by atoms with Gasteiger partial charge in [-0.15, -0.1) is 0 Å². The zero-order valence-corrected chi connectivity index (χ0v) is 21.6. The van der Waals surface area contributed by atoms with Crippen LogP contribution in [0.2, 0.25) is 0 Å². The summed E-state index contributed by atoms with van der Waals surface area (Å²) in [6.07, 6.45) is 15.1. The lowest BCUT2D eigenvalue weighted by Gasteiger charge is -2.36. The number of hydrogen-bond acceptors (Lipinski definition) is 4. The largest absolute Gasteiger partial charge is 0.464 e. The summed E-state index contributed by atoms with van der Waals surface area (Å²) in [5.41, 5.74) is 0. The number of carbonyl (C=O) groups is 2. The third-order valence-corrected chi connectivity index (χ3v) is 6.87. The fraction of sp³-hybridized carbons (Fsp3) is 0.926. The molecule has 1 fully saturated rings. The Labute approximate surface area is 197 Å². The molecule has 1 amide bonds. The standard InChI is InChI=1S/C27H51NO4/c1-6-8-9-10-11-12-13-14-15-19-31-26(29)24(16-7-2)28-27(30)32-25-20-22(5)17-18-23(25)21(3)4/h21-25H,6-20H2,1-5H3,(H,28,30). The van der Waals surface area contributed by atoms with Crippen LogP contribution in [0.5, 0.6) is 0 Å². The van der Waals surface area contributed by atoms with Crippen LogP contribution in [0.25, 0.3) is 0 Å². The quantitative estimate of drug-likeness (QED) is 0.195. The molecule has 5 nitrogen and oxygen atoms in total. The third-order valence-electron chi connectivity index (χ3n) is 6.87. The number of hydrogen-bond donors (Lipinski definition) is 1. The lowest BCUT2D eigenvalue weighted by atomic mass is 9.75. The predicted molar refractivity (Wildman–Crippen MR) is 132 cm³/mol. The van der Waals surface area contributed by atoms with Crippen LogP contribution in [0.15, 0.2) is 0 Å².